The van der Waals surface area contributed by atoms with Crippen LogP contribution in [0.4, 0.5) is 0 Å². The maximum atomic E-state index is 13.1. The van der Waals surface area contributed by atoms with Gasteiger partial charge in [-0.1, -0.05) is 30.0 Å². The molecule has 33 heavy (non-hydrogen) atoms. The van der Waals surface area contributed by atoms with Crippen molar-refractivity contribution in [2.24, 2.45) is 5.10 Å². The fourth-order valence-corrected chi connectivity index (χ4v) is 4.17. The first-order chi connectivity index (χ1) is 16.2. The number of furan rings is 1. The predicted molar refractivity (Wildman–Crippen MR) is 123 cm³/mol. The Balaban J connectivity index is 1.32. The van der Waals surface area contributed by atoms with Crippen LogP contribution in [0.1, 0.15) is 23.8 Å². The third-order valence-electron chi connectivity index (χ3n) is 5.21. The van der Waals surface area contributed by atoms with Crippen molar-refractivity contribution in [2.75, 3.05) is 12.9 Å². The van der Waals surface area contributed by atoms with Crippen LogP contribution in [-0.4, -0.2) is 39.7 Å². The van der Waals surface area contributed by atoms with Gasteiger partial charge in [-0.15, -0.1) is 10.2 Å². The molecule has 2 aromatic carbocycles. The van der Waals surface area contributed by atoms with Gasteiger partial charge in [0.2, 0.25) is 5.89 Å². The summed E-state index contributed by atoms with van der Waals surface area (Å²) < 4.78 is 16.5. The molecule has 0 spiro atoms. The van der Waals surface area contributed by atoms with Crippen molar-refractivity contribution in [3.05, 3.63) is 84.3 Å². The van der Waals surface area contributed by atoms with E-state index in [1.54, 1.807) is 13.4 Å². The van der Waals surface area contributed by atoms with E-state index in [-0.39, 0.29) is 17.7 Å². The average molecular weight is 461 g/mol. The highest BCUT2D eigenvalue weighted by molar-refractivity contribution is 7.99. The second kappa shape index (κ2) is 9.33. The SMILES string of the molecule is COc1ccc(C2=NN(C(=O)CSc3nnc(-c4ccccc4)o3)[C@@H](c3ccco3)C2)cc1. The van der Waals surface area contributed by atoms with Crippen molar-refractivity contribution < 1.29 is 18.4 Å². The molecule has 5 rings (SSSR count). The normalized spacial score (nSPS) is 15.5. The van der Waals surface area contributed by atoms with Crippen molar-refractivity contribution in [3.8, 4) is 17.2 Å². The number of hydrogen-bond donors (Lipinski definition) is 0. The van der Waals surface area contributed by atoms with Crippen LogP contribution in [0.2, 0.25) is 0 Å². The number of benzene rings is 2. The quantitative estimate of drug-likeness (QED) is 0.365. The Morgan fingerprint density at radius 2 is 1.88 bits per heavy atom. The third-order valence-corrected chi connectivity index (χ3v) is 6.01. The highest BCUT2D eigenvalue weighted by Gasteiger charge is 2.35. The number of carbonyl (C=O) groups is 1. The Kier molecular flexibility index (Phi) is 5.95. The summed E-state index contributed by atoms with van der Waals surface area (Å²) in [7, 11) is 1.62. The lowest BCUT2D eigenvalue weighted by atomic mass is 10.0. The summed E-state index contributed by atoms with van der Waals surface area (Å²) in [6.45, 7) is 0. The molecule has 166 valence electrons. The molecule has 3 heterocycles. The smallest absolute Gasteiger partial charge is 0.277 e. The van der Waals surface area contributed by atoms with E-state index in [4.69, 9.17) is 13.6 Å². The second-order valence-electron chi connectivity index (χ2n) is 7.28. The van der Waals surface area contributed by atoms with Gasteiger partial charge in [0.05, 0.1) is 24.8 Å². The Hall–Kier alpha value is -3.85. The maximum absolute atomic E-state index is 13.1. The topological polar surface area (TPSA) is 94.0 Å². The van der Waals surface area contributed by atoms with Gasteiger partial charge in [0.15, 0.2) is 0 Å². The number of thioether (sulfide) groups is 1. The van der Waals surface area contributed by atoms with Crippen LogP contribution in [-0.2, 0) is 4.79 Å². The number of methoxy groups -OCH3 is 1. The first kappa shape index (κ1) is 21.0. The molecule has 2 aromatic heterocycles. The Labute approximate surface area is 194 Å². The first-order valence-electron chi connectivity index (χ1n) is 10.3. The molecule has 8 nitrogen and oxygen atoms in total. The molecule has 0 bridgehead atoms. The van der Waals surface area contributed by atoms with Gasteiger partial charge in [-0.2, -0.15) is 5.10 Å². The van der Waals surface area contributed by atoms with E-state index >= 15 is 0 Å². The molecular weight excluding hydrogens is 440 g/mol. The summed E-state index contributed by atoms with van der Waals surface area (Å²) in [5, 5.41) is 14.6. The van der Waals surface area contributed by atoms with Gasteiger partial charge in [0.1, 0.15) is 17.6 Å². The molecule has 9 heteroatoms. The number of amides is 1. The van der Waals surface area contributed by atoms with Gasteiger partial charge in [-0.05, 0) is 54.1 Å². The number of rotatable bonds is 7. The molecule has 0 aliphatic carbocycles. The standard InChI is InChI=1S/C24H20N4O4S/c1-30-18-11-9-16(10-12-18)19-14-20(21-8-5-13-31-21)28(27-19)22(29)15-33-24-26-25-23(32-24)17-6-3-2-4-7-17/h2-13,20H,14-15H2,1H3/t20-/m1/s1. The second-order valence-corrected chi connectivity index (χ2v) is 8.20. The molecule has 0 saturated carbocycles. The van der Waals surface area contributed by atoms with Crippen molar-refractivity contribution >= 4 is 23.4 Å². The lowest BCUT2D eigenvalue weighted by Gasteiger charge is -2.19. The van der Waals surface area contributed by atoms with Crippen molar-refractivity contribution in [3.63, 3.8) is 0 Å². The van der Waals surface area contributed by atoms with Crippen LogP contribution < -0.4 is 4.74 Å². The van der Waals surface area contributed by atoms with Crippen LogP contribution in [0.15, 0.2) is 92.2 Å². The summed E-state index contributed by atoms with van der Waals surface area (Å²) in [5.74, 6) is 1.79. The lowest BCUT2D eigenvalue weighted by molar-refractivity contribution is -0.130. The minimum atomic E-state index is -0.312. The third kappa shape index (κ3) is 4.54. The molecule has 0 saturated heterocycles. The number of ether oxygens (including phenoxy) is 1. The molecule has 1 aliphatic heterocycles. The van der Waals surface area contributed by atoms with Gasteiger partial charge in [-0.3, -0.25) is 4.79 Å². The van der Waals surface area contributed by atoms with E-state index in [0.717, 1.165) is 22.6 Å². The van der Waals surface area contributed by atoms with Crippen molar-refractivity contribution in [2.45, 2.75) is 17.7 Å². The Bertz CT molecular complexity index is 1250. The van der Waals surface area contributed by atoms with Crippen LogP contribution in [0.25, 0.3) is 11.5 Å². The number of hydrogen-bond acceptors (Lipinski definition) is 8. The highest BCUT2D eigenvalue weighted by Crippen LogP contribution is 2.34. The summed E-state index contributed by atoms with van der Waals surface area (Å²) in [4.78, 5) is 13.1. The van der Waals surface area contributed by atoms with E-state index < -0.39 is 0 Å². The molecule has 1 aliphatic rings. The Morgan fingerprint density at radius 1 is 1.06 bits per heavy atom. The zero-order valence-corrected chi connectivity index (χ0v) is 18.6. The highest BCUT2D eigenvalue weighted by atomic mass is 32.2. The molecule has 0 N–H and O–H groups in total. The van der Waals surface area contributed by atoms with Crippen molar-refractivity contribution in [1.82, 2.24) is 15.2 Å². The molecule has 0 fully saturated rings. The van der Waals surface area contributed by atoms with E-state index in [1.807, 2.05) is 66.7 Å². The maximum Gasteiger partial charge on any atom is 0.277 e. The molecule has 4 aromatic rings. The number of nitrogens with zero attached hydrogens (tertiary/aromatic N) is 4. The van der Waals surface area contributed by atoms with Gasteiger partial charge in [0.25, 0.3) is 11.1 Å². The first-order valence-corrected chi connectivity index (χ1v) is 11.3. The zero-order valence-electron chi connectivity index (χ0n) is 17.7. The average Bonchev–Trinajstić information content (AvgIpc) is 3.64. The fourth-order valence-electron chi connectivity index (χ4n) is 3.56. The van der Waals surface area contributed by atoms with Crippen LogP contribution >= 0.6 is 11.8 Å². The van der Waals surface area contributed by atoms with Gasteiger partial charge < -0.3 is 13.6 Å². The lowest BCUT2D eigenvalue weighted by Crippen LogP contribution is -2.28. The monoisotopic (exact) mass is 460 g/mol. The minimum absolute atomic E-state index is 0.104. The number of aromatic nitrogens is 2. The van der Waals surface area contributed by atoms with Gasteiger partial charge in [0, 0.05) is 12.0 Å². The zero-order chi connectivity index (χ0) is 22.6. The van der Waals surface area contributed by atoms with Crippen LogP contribution in [0, 0.1) is 0 Å². The Morgan fingerprint density at radius 3 is 2.61 bits per heavy atom. The molecule has 1 amide bonds. The summed E-state index contributed by atoms with van der Waals surface area (Å²) >= 11 is 1.18. The van der Waals surface area contributed by atoms with Crippen molar-refractivity contribution in [1.29, 1.82) is 0 Å². The van der Waals surface area contributed by atoms with E-state index in [0.29, 0.717) is 23.3 Å². The number of hydrazone groups is 1. The van der Waals surface area contributed by atoms with Crippen LogP contribution in [0.5, 0.6) is 5.75 Å². The number of carbonyl (C=O) groups excluding carboxylic acids is 1. The van der Waals surface area contributed by atoms with Crippen LogP contribution in [0.3, 0.4) is 0 Å². The fraction of sp³-hybridized carbons (Fsp3) is 0.167. The van der Waals surface area contributed by atoms with Gasteiger partial charge >= 0.3 is 0 Å². The predicted octanol–water partition coefficient (Wildman–Crippen LogP) is 4.81. The van der Waals surface area contributed by atoms with E-state index in [9.17, 15) is 4.79 Å². The molecule has 0 radical (unpaired) electrons. The molecule has 1 atom stereocenters. The summed E-state index contributed by atoms with van der Waals surface area (Å²) in [5.41, 5.74) is 2.57. The van der Waals surface area contributed by atoms with E-state index in [2.05, 4.69) is 15.3 Å². The molecule has 0 unspecified atom stereocenters. The molecular formula is C24H20N4O4S. The van der Waals surface area contributed by atoms with Gasteiger partial charge in [-0.25, -0.2) is 5.01 Å². The summed E-state index contributed by atoms with van der Waals surface area (Å²) in [6, 6.07) is 20.5. The van der Waals surface area contributed by atoms with E-state index in [1.165, 1.54) is 16.8 Å². The minimum Gasteiger partial charge on any atom is -0.497 e. The summed E-state index contributed by atoms with van der Waals surface area (Å²) in [6.07, 6.45) is 2.15. The largest absolute Gasteiger partial charge is 0.497 e.